The van der Waals surface area contributed by atoms with Crippen LogP contribution in [0.5, 0.6) is 0 Å². The first-order chi connectivity index (χ1) is 8.69. The summed E-state index contributed by atoms with van der Waals surface area (Å²) in [6.45, 7) is 1.93. The number of hydrogen-bond acceptors (Lipinski definition) is 4. The highest BCUT2D eigenvalue weighted by atomic mass is 79.9. The van der Waals surface area contributed by atoms with E-state index in [9.17, 15) is 5.11 Å². The molecular weight excluding hydrogens is 312 g/mol. The van der Waals surface area contributed by atoms with Crippen molar-refractivity contribution in [2.45, 2.75) is 29.4 Å². The van der Waals surface area contributed by atoms with Crippen molar-refractivity contribution in [1.29, 1.82) is 0 Å². The summed E-state index contributed by atoms with van der Waals surface area (Å²) in [5.74, 6) is 0. The van der Waals surface area contributed by atoms with Crippen LogP contribution >= 0.6 is 27.7 Å². The molecule has 0 fully saturated rings. The molecule has 3 nitrogen and oxygen atoms in total. The molecule has 2 aromatic heterocycles. The van der Waals surface area contributed by atoms with E-state index in [2.05, 4.69) is 25.9 Å². The van der Waals surface area contributed by atoms with Gasteiger partial charge in [0.15, 0.2) is 0 Å². The molecule has 0 bridgehead atoms. The Morgan fingerprint density at radius 3 is 2.61 bits per heavy atom. The average Bonchev–Trinajstić information content (AvgIpc) is 2.41. The van der Waals surface area contributed by atoms with Gasteiger partial charge in [0, 0.05) is 21.8 Å². The average molecular weight is 325 g/mol. The molecule has 94 valence electrons. The normalized spacial score (nSPS) is 12.4. The summed E-state index contributed by atoms with van der Waals surface area (Å²) in [5, 5.41) is 10.6. The first kappa shape index (κ1) is 13.5. The van der Waals surface area contributed by atoms with Crippen LogP contribution in [0.4, 0.5) is 0 Å². The van der Waals surface area contributed by atoms with E-state index in [1.165, 1.54) is 0 Å². The van der Waals surface area contributed by atoms with Crippen molar-refractivity contribution in [2.24, 2.45) is 0 Å². The molecule has 0 saturated carbocycles. The van der Waals surface area contributed by atoms with Gasteiger partial charge in [-0.2, -0.15) is 0 Å². The van der Waals surface area contributed by atoms with E-state index in [1.54, 1.807) is 24.2 Å². The first-order valence-electron chi connectivity index (χ1n) is 5.62. The SMILES string of the molecule is CC[C@@H](O)c1ccc(Sc2ccc(Br)cn2)cn1. The predicted molar refractivity (Wildman–Crippen MR) is 75.5 cm³/mol. The molecule has 0 amide bonds. The zero-order valence-electron chi connectivity index (χ0n) is 9.88. The third-order valence-electron chi connectivity index (χ3n) is 2.41. The van der Waals surface area contributed by atoms with Gasteiger partial charge in [-0.1, -0.05) is 18.7 Å². The number of aromatic nitrogens is 2. The van der Waals surface area contributed by atoms with E-state index < -0.39 is 6.10 Å². The summed E-state index contributed by atoms with van der Waals surface area (Å²) in [6.07, 6.45) is 3.73. The van der Waals surface area contributed by atoms with Gasteiger partial charge in [-0.05, 0) is 46.6 Å². The van der Waals surface area contributed by atoms with Crippen molar-refractivity contribution >= 4 is 27.7 Å². The summed E-state index contributed by atoms with van der Waals surface area (Å²) in [6, 6.07) is 7.71. The van der Waals surface area contributed by atoms with E-state index in [-0.39, 0.29) is 0 Å². The lowest BCUT2D eigenvalue weighted by molar-refractivity contribution is 0.169. The molecule has 0 saturated heterocycles. The molecule has 1 atom stereocenters. The van der Waals surface area contributed by atoms with Gasteiger partial charge in [0.25, 0.3) is 0 Å². The molecule has 18 heavy (non-hydrogen) atoms. The lowest BCUT2D eigenvalue weighted by atomic mass is 10.2. The fraction of sp³-hybridized carbons (Fsp3) is 0.231. The van der Waals surface area contributed by atoms with Gasteiger partial charge in [-0.15, -0.1) is 0 Å². The van der Waals surface area contributed by atoms with Gasteiger partial charge in [-0.25, -0.2) is 4.98 Å². The summed E-state index contributed by atoms with van der Waals surface area (Å²) >= 11 is 4.90. The van der Waals surface area contributed by atoms with E-state index in [0.717, 1.165) is 14.4 Å². The third-order valence-corrected chi connectivity index (χ3v) is 3.81. The van der Waals surface area contributed by atoms with Crippen molar-refractivity contribution in [2.75, 3.05) is 0 Å². The van der Waals surface area contributed by atoms with Crippen LogP contribution in [-0.4, -0.2) is 15.1 Å². The van der Waals surface area contributed by atoms with Crippen LogP contribution in [0.3, 0.4) is 0 Å². The van der Waals surface area contributed by atoms with Crippen molar-refractivity contribution in [1.82, 2.24) is 9.97 Å². The van der Waals surface area contributed by atoms with Crippen molar-refractivity contribution in [3.05, 3.63) is 46.8 Å². The Hall–Kier alpha value is -0.910. The zero-order chi connectivity index (χ0) is 13.0. The highest BCUT2D eigenvalue weighted by Gasteiger charge is 2.06. The molecule has 0 aliphatic heterocycles. The summed E-state index contributed by atoms with van der Waals surface area (Å²) < 4.78 is 0.964. The number of pyridine rings is 2. The highest BCUT2D eigenvalue weighted by molar-refractivity contribution is 9.10. The fourth-order valence-electron chi connectivity index (χ4n) is 1.40. The van der Waals surface area contributed by atoms with Crippen LogP contribution in [-0.2, 0) is 0 Å². The quantitative estimate of drug-likeness (QED) is 0.928. The molecule has 0 aliphatic rings. The standard InChI is InChI=1S/C13H13BrN2OS/c1-2-12(17)11-5-4-10(8-15-11)18-13-6-3-9(14)7-16-13/h3-8,12,17H,2H2,1H3/t12-/m1/s1. The van der Waals surface area contributed by atoms with Crippen LogP contribution in [0.2, 0.25) is 0 Å². The van der Waals surface area contributed by atoms with Crippen LogP contribution in [0.25, 0.3) is 0 Å². The largest absolute Gasteiger partial charge is 0.387 e. The number of aliphatic hydroxyl groups excluding tert-OH is 1. The lowest BCUT2D eigenvalue weighted by Gasteiger charge is -2.07. The number of hydrogen-bond donors (Lipinski definition) is 1. The Morgan fingerprint density at radius 2 is 2.06 bits per heavy atom. The second-order valence-corrected chi connectivity index (χ2v) is 5.77. The summed E-state index contributed by atoms with van der Waals surface area (Å²) in [7, 11) is 0. The van der Waals surface area contributed by atoms with Gasteiger partial charge >= 0.3 is 0 Å². The molecule has 0 aliphatic carbocycles. The fourth-order valence-corrected chi connectivity index (χ4v) is 2.36. The number of aliphatic hydroxyl groups is 1. The third kappa shape index (κ3) is 3.54. The molecule has 2 aromatic rings. The maximum absolute atomic E-state index is 9.65. The molecule has 0 unspecified atom stereocenters. The summed E-state index contributed by atoms with van der Waals surface area (Å²) in [5.41, 5.74) is 0.714. The van der Waals surface area contributed by atoms with Crippen LogP contribution < -0.4 is 0 Å². The smallest absolute Gasteiger partial charge is 0.101 e. The Labute approximate surface area is 119 Å². The maximum atomic E-state index is 9.65. The summed E-state index contributed by atoms with van der Waals surface area (Å²) in [4.78, 5) is 9.55. The van der Waals surface area contributed by atoms with E-state index >= 15 is 0 Å². The Balaban J connectivity index is 2.08. The Morgan fingerprint density at radius 1 is 1.22 bits per heavy atom. The molecule has 0 aromatic carbocycles. The van der Waals surface area contributed by atoms with Crippen LogP contribution in [0.1, 0.15) is 25.1 Å². The minimum absolute atomic E-state index is 0.477. The number of halogens is 1. The van der Waals surface area contributed by atoms with Crippen LogP contribution in [0.15, 0.2) is 51.1 Å². The predicted octanol–water partition coefficient (Wildman–Crippen LogP) is 3.83. The first-order valence-corrected chi connectivity index (χ1v) is 7.23. The lowest BCUT2D eigenvalue weighted by Crippen LogP contribution is -1.97. The molecule has 1 N–H and O–H groups in total. The van der Waals surface area contributed by atoms with Crippen molar-refractivity contribution in [3.8, 4) is 0 Å². The topological polar surface area (TPSA) is 46.0 Å². The second-order valence-electron chi connectivity index (χ2n) is 3.76. The monoisotopic (exact) mass is 324 g/mol. The molecule has 2 heterocycles. The van der Waals surface area contributed by atoms with Crippen LogP contribution in [0, 0.1) is 0 Å². The molecule has 0 spiro atoms. The second kappa shape index (κ2) is 6.31. The van der Waals surface area contributed by atoms with Gasteiger partial charge in [0.2, 0.25) is 0 Å². The molecular formula is C13H13BrN2OS. The van der Waals surface area contributed by atoms with E-state index in [0.29, 0.717) is 12.1 Å². The molecule has 2 rings (SSSR count). The minimum Gasteiger partial charge on any atom is -0.387 e. The minimum atomic E-state index is -0.477. The molecule has 0 radical (unpaired) electrons. The Bertz CT molecular complexity index is 501. The van der Waals surface area contributed by atoms with Gasteiger partial charge in [0.1, 0.15) is 5.03 Å². The Kier molecular flexibility index (Phi) is 4.74. The zero-order valence-corrected chi connectivity index (χ0v) is 12.3. The number of rotatable bonds is 4. The highest BCUT2D eigenvalue weighted by Crippen LogP contribution is 2.27. The van der Waals surface area contributed by atoms with Gasteiger partial charge in [-0.3, -0.25) is 4.98 Å². The van der Waals surface area contributed by atoms with E-state index in [4.69, 9.17) is 0 Å². The van der Waals surface area contributed by atoms with Crippen molar-refractivity contribution < 1.29 is 5.11 Å². The number of nitrogens with zero attached hydrogens (tertiary/aromatic N) is 2. The van der Waals surface area contributed by atoms with Gasteiger partial charge < -0.3 is 5.11 Å². The maximum Gasteiger partial charge on any atom is 0.101 e. The molecule has 5 heteroatoms. The van der Waals surface area contributed by atoms with E-state index in [1.807, 2.05) is 31.2 Å². The van der Waals surface area contributed by atoms with Crippen molar-refractivity contribution in [3.63, 3.8) is 0 Å². The van der Waals surface area contributed by atoms with Gasteiger partial charge in [0.05, 0.1) is 11.8 Å².